The Hall–Kier alpha value is -1.45. The Morgan fingerprint density at radius 1 is 1.37 bits per heavy atom. The molecule has 1 unspecified atom stereocenters. The van der Waals surface area contributed by atoms with E-state index < -0.39 is 16.7 Å². The first-order chi connectivity index (χ1) is 8.51. The highest BCUT2D eigenvalue weighted by Gasteiger charge is 2.43. The quantitative estimate of drug-likeness (QED) is 0.569. The van der Waals surface area contributed by atoms with E-state index in [-0.39, 0.29) is 11.8 Å². The number of rotatable bonds is 2. The van der Waals surface area contributed by atoms with Gasteiger partial charge in [0.25, 0.3) is 0 Å². The molecule has 0 saturated carbocycles. The predicted octanol–water partition coefficient (Wildman–Crippen LogP) is 2.66. The minimum Gasteiger partial charge on any atom is -0.430 e. The van der Waals surface area contributed by atoms with E-state index in [1.54, 1.807) is 41.5 Å². The molecule has 106 valence electrons. The Balaban J connectivity index is 3.09. The molecular formula is C15H22O4. The molecule has 19 heavy (non-hydrogen) atoms. The smallest absolute Gasteiger partial charge is 0.316 e. The van der Waals surface area contributed by atoms with Gasteiger partial charge in [0, 0.05) is 23.3 Å². The van der Waals surface area contributed by atoms with Gasteiger partial charge in [0.05, 0.1) is 5.41 Å². The van der Waals surface area contributed by atoms with E-state index in [2.05, 4.69) is 0 Å². The van der Waals surface area contributed by atoms with Crippen LogP contribution in [0.1, 0.15) is 48.0 Å². The first kappa shape index (κ1) is 15.6. The van der Waals surface area contributed by atoms with Gasteiger partial charge in [-0.05, 0) is 27.7 Å². The molecule has 0 spiro atoms. The summed E-state index contributed by atoms with van der Waals surface area (Å²) in [6.45, 7) is 10.4. The van der Waals surface area contributed by atoms with Crippen molar-refractivity contribution in [2.45, 2.75) is 48.0 Å². The second kappa shape index (κ2) is 4.91. The largest absolute Gasteiger partial charge is 0.430 e. The van der Waals surface area contributed by atoms with E-state index >= 15 is 0 Å². The molecule has 0 amide bonds. The molecule has 0 N–H and O–H groups in total. The van der Waals surface area contributed by atoms with Crippen molar-refractivity contribution in [2.24, 2.45) is 16.7 Å². The second-order valence-electron chi connectivity index (χ2n) is 6.69. The van der Waals surface area contributed by atoms with Crippen molar-refractivity contribution in [1.82, 2.24) is 0 Å². The van der Waals surface area contributed by atoms with Crippen LogP contribution in [0.3, 0.4) is 0 Å². The van der Waals surface area contributed by atoms with Crippen LogP contribution in [0, 0.1) is 16.7 Å². The fourth-order valence-electron chi connectivity index (χ4n) is 1.99. The Morgan fingerprint density at radius 3 is 2.32 bits per heavy atom. The fourth-order valence-corrected chi connectivity index (χ4v) is 1.99. The summed E-state index contributed by atoms with van der Waals surface area (Å²) in [6, 6.07) is 0. The highest BCUT2D eigenvalue weighted by atomic mass is 16.5. The maximum absolute atomic E-state index is 12.2. The van der Waals surface area contributed by atoms with E-state index in [9.17, 15) is 14.4 Å². The van der Waals surface area contributed by atoms with Gasteiger partial charge in [-0.1, -0.05) is 13.8 Å². The van der Waals surface area contributed by atoms with Gasteiger partial charge >= 0.3 is 5.97 Å². The van der Waals surface area contributed by atoms with E-state index in [1.165, 1.54) is 0 Å². The SMILES string of the molecule is CC1=C(OC(=O)C(C)(C)C)CC(C=O)C(C)(C)C1=O. The fraction of sp³-hybridized carbons (Fsp3) is 0.667. The lowest BCUT2D eigenvalue weighted by molar-refractivity contribution is -0.150. The number of aldehydes is 1. The lowest BCUT2D eigenvalue weighted by Crippen LogP contribution is -2.40. The molecule has 0 aromatic rings. The number of hydrogen-bond acceptors (Lipinski definition) is 4. The van der Waals surface area contributed by atoms with Crippen LogP contribution in [-0.4, -0.2) is 18.0 Å². The molecule has 0 aromatic carbocycles. The molecule has 0 heterocycles. The zero-order valence-corrected chi connectivity index (χ0v) is 12.5. The molecule has 1 aliphatic rings. The Bertz CT molecular complexity index is 449. The summed E-state index contributed by atoms with van der Waals surface area (Å²) in [5.41, 5.74) is -0.926. The first-order valence-corrected chi connectivity index (χ1v) is 6.44. The van der Waals surface area contributed by atoms with Gasteiger partial charge in [0.2, 0.25) is 0 Å². The molecule has 0 aliphatic heterocycles. The van der Waals surface area contributed by atoms with E-state index in [4.69, 9.17) is 4.74 Å². The normalized spacial score (nSPS) is 23.3. The summed E-state index contributed by atoms with van der Waals surface area (Å²) >= 11 is 0. The molecule has 4 nitrogen and oxygen atoms in total. The molecule has 0 bridgehead atoms. The lowest BCUT2D eigenvalue weighted by atomic mass is 9.68. The van der Waals surface area contributed by atoms with Crippen LogP contribution < -0.4 is 0 Å². The third-order valence-electron chi connectivity index (χ3n) is 3.67. The summed E-state index contributed by atoms with van der Waals surface area (Å²) in [7, 11) is 0. The van der Waals surface area contributed by atoms with E-state index in [0.717, 1.165) is 6.29 Å². The van der Waals surface area contributed by atoms with Crippen molar-refractivity contribution >= 4 is 18.0 Å². The summed E-state index contributed by atoms with van der Waals surface area (Å²) in [5.74, 6) is -0.639. The van der Waals surface area contributed by atoms with Crippen LogP contribution in [0.5, 0.6) is 0 Å². The monoisotopic (exact) mass is 266 g/mol. The zero-order valence-electron chi connectivity index (χ0n) is 12.5. The van der Waals surface area contributed by atoms with E-state index in [1.807, 2.05) is 0 Å². The van der Waals surface area contributed by atoms with Crippen LogP contribution in [0.25, 0.3) is 0 Å². The predicted molar refractivity (Wildman–Crippen MR) is 71.2 cm³/mol. The van der Waals surface area contributed by atoms with Crippen molar-refractivity contribution < 1.29 is 19.1 Å². The average Bonchev–Trinajstić information content (AvgIpc) is 2.28. The molecule has 0 saturated heterocycles. The molecule has 0 aromatic heterocycles. The molecule has 1 aliphatic carbocycles. The van der Waals surface area contributed by atoms with Crippen molar-refractivity contribution in [2.75, 3.05) is 0 Å². The maximum atomic E-state index is 12.2. The standard InChI is InChI=1S/C15H22O4/c1-9-11(19-13(18)14(2,3)4)7-10(8-16)15(5,6)12(9)17/h8,10H,7H2,1-6H3. The van der Waals surface area contributed by atoms with Gasteiger partial charge in [-0.2, -0.15) is 0 Å². The van der Waals surface area contributed by atoms with Gasteiger partial charge in [-0.3, -0.25) is 9.59 Å². The molecule has 0 fully saturated rings. The van der Waals surface area contributed by atoms with Gasteiger partial charge in [-0.15, -0.1) is 0 Å². The Morgan fingerprint density at radius 2 is 1.89 bits per heavy atom. The van der Waals surface area contributed by atoms with Gasteiger partial charge in [0.1, 0.15) is 12.0 Å². The number of Topliss-reactive ketones (excluding diaryl/α,β-unsaturated/α-hetero) is 1. The molecule has 1 atom stereocenters. The van der Waals surface area contributed by atoms with Gasteiger partial charge in [0.15, 0.2) is 5.78 Å². The van der Waals surface area contributed by atoms with Gasteiger partial charge in [-0.25, -0.2) is 0 Å². The second-order valence-corrected chi connectivity index (χ2v) is 6.69. The van der Waals surface area contributed by atoms with Crippen LogP contribution in [0.4, 0.5) is 0 Å². The number of carbonyl (C=O) groups excluding carboxylic acids is 3. The number of allylic oxidation sites excluding steroid dienone is 2. The van der Waals surface area contributed by atoms with Crippen LogP contribution in [-0.2, 0) is 19.1 Å². The maximum Gasteiger partial charge on any atom is 0.316 e. The average molecular weight is 266 g/mol. The Labute approximate surface area is 114 Å². The highest BCUT2D eigenvalue weighted by molar-refractivity contribution is 6.02. The summed E-state index contributed by atoms with van der Waals surface area (Å²) in [5, 5.41) is 0. The van der Waals surface area contributed by atoms with Gasteiger partial charge < -0.3 is 9.53 Å². The number of carbonyl (C=O) groups is 3. The van der Waals surface area contributed by atoms with Crippen LogP contribution in [0.2, 0.25) is 0 Å². The summed E-state index contributed by atoms with van der Waals surface area (Å²) < 4.78 is 5.32. The zero-order chi connectivity index (χ0) is 15.0. The highest BCUT2D eigenvalue weighted by Crippen LogP contribution is 2.40. The van der Waals surface area contributed by atoms with Crippen molar-refractivity contribution in [1.29, 1.82) is 0 Å². The third kappa shape index (κ3) is 2.94. The number of ether oxygens (including phenoxy) is 1. The number of hydrogen-bond donors (Lipinski definition) is 0. The molecule has 1 rings (SSSR count). The summed E-state index contributed by atoms with van der Waals surface area (Å²) in [4.78, 5) is 35.3. The van der Waals surface area contributed by atoms with E-state index in [0.29, 0.717) is 17.8 Å². The third-order valence-corrected chi connectivity index (χ3v) is 3.67. The van der Waals surface area contributed by atoms with Crippen LogP contribution >= 0.6 is 0 Å². The van der Waals surface area contributed by atoms with Crippen molar-refractivity contribution in [3.63, 3.8) is 0 Å². The topological polar surface area (TPSA) is 60.4 Å². The summed E-state index contributed by atoms with van der Waals surface area (Å²) in [6.07, 6.45) is 1.07. The van der Waals surface area contributed by atoms with Crippen molar-refractivity contribution in [3.8, 4) is 0 Å². The minimum absolute atomic E-state index is 0.132. The Kier molecular flexibility index (Phi) is 4.03. The minimum atomic E-state index is -0.733. The molecule has 0 radical (unpaired) electrons. The van der Waals surface area contributed by atoms with Crippen LogP contribution in [0.15, 0.2) is 11.3 Å². The number of ketones is 1. The molecular weight excluding hydrogens is 244 g/mol. The molecule has 4 heteroatoms. The first-order valence-electron chi connectivity index (χ1n) is 6.44. The lowest BCUT2D eigenvalue weighted by Gasteiger charge is -2.35. The van der Waals surface area contributed by atoms with Crippen molar-refractivity contribution in [3.05, 3.63) is 11.3 Å². The number of esters is 1.